The Morgan fingerprint density at radius 1 is 0.327 bits per heavy atom. The molecule has 9 aromatic rings. The zero-order valence-corrected chi connectivity index (χ0v) is 30.9. The first kappa shape index (κ1) is 32.7. The van der Waals surface area contributed by atoms with Crippen LogP contribution < -0.4 is 0 Å². The molecule has 1 aliphatic rings. The Labute approximate surface area is 322 Å². The maximum atomic E-state index is 5.22. The molecule has 0 aliphatic heterocycles. The molecule has 0 spiro atoms. The molecule has 1 heterocycles. The fourth-order valence-electron chi connectivity index (χ4n) is 8.54. The summed E-state index contributed by atoms with van der Waals surface area (Å²) < 4.78 is 0. The molecule has 1 aliphatic carbocycles. The van der Waals surface area contributed by atoms with Crippen molar-refractivity contribution in [1.82, 2.24) is 9.97 Å². The Kier molecular flexibility index (Phi) is 7.85. The van der Waals surface area contributed by atoms with Crippen molar-refractivity contribution < 1.29 is 0 Å². The summed E-state index contributed by atoms with van der Waals surface area (Å²) in [5.74, 6) is 0.709. The molecule has 55 heavy (non-hydrogen) atoms. The van der Waals surface area contributed by atoms with Gasteiger partial charge >= 0.3 is 0 Å². The highest BCUT2D eigenvalue weighted by molar-refractivity contribution is 6.05. The number of benzene rings is 8. The predicted octanol–water partition coefficient (Wildman–Crippen LogP) is 13.9. The van der Waals surface area contributed by atoms with E-state index < -0.39 is 0 Å². The SMILES string of the molecule is CC1(C)c2ccccc2-c2c(-c3cccc(-c4ccc(-c5cc(-c6ccc(-c7ccccc7)cc6)nc(-c6ccccc6)n5)c5ccccc45)c3)cccc21. The normalized spacial score (nSPS) is 12.7. The molecule has 2 heteroatoms. The summed E-state index contributed by atoms with van der Waals surface area (Å²) in [7, 11) is 0. The van der Waals surface area contributed by atoms with E-state index in [1.807, 2.05) is 24.3 Å². The first-order valence-corrected chi connectivity index (χ1v) is 19.0. The van der Waals surface area contributed by atoms with Crippen molar-refractivity contribution in [3.05, 3.63) is 205 Å². The lowest BCUT2D eigenvalue weighted by Gasteiger charge is -2.21. The zero-order chi connectivity index (χ0) is 36.9. The fraction of sp³-hybridized carbons (Fsp3) is 0.0566. The Balaban J connectivity index is 1.09. The van der Waals surface area contributed by atoms with Gasteiger partial charge in [-0.05, 0) is 78.5 Å². The van der Waals surface area contributed by atoms with Crippen LogP contribution >= 0.6 is 0 Å². The van der Waals surface area contributed by atoms with Gasteiger partial charge < -0.3 is 0 Å². The molecule has 0 N–H and O–H groups in total. The van der Waals surface area contributed by atoms with Crippen LogP contribution in [0.1, 0.15) is 25.0 Å². The molecule has 260 valence electrons. The number of rotatable bonds is 6. The van der Waals surface area contributed by atoms with Crippen LogP contribution in [0.5, 0.6) is 0 Å². The van der Waals surface area contributed by atoms with Gasteiger partial charge in [0.15, 0.2) is 5.82 Å². The van der Waals surface area contributed by atoms with E-state index in [-0.39, 0.29) is 5.41 Å². The minimum Gasteiger partial charge on any atom is -0.228 e. The minimum absolute atomic E-state index is 0.0432. The average Bonchev–Trinajstić information content (AvgIpc) is 3.49. The van der Waals surface area contributed by atoms with Crippen molar-refractivity contribution in [2.45, 2.75) is 19.3 Å². The molecule has 0 atom stereocenters. The summed E-state index contributed by atoms with van der Waals surface area (Å²) in [5, 5.41) is 2.35. The van der Waals surface area contributed by atoms with Crippen LogP contribution in [0.2, 0.25) is 0 Å². The third-order valence-corrected chi connectivity index (χ3v) is 11.3. The maximum Gasteiger partial charge on any atom is 0.160 e. The van der Waals surface area contributed by atoms with Crippen LogP contribution in [0, 0.1) is 0 Å². The summed E-state index contributed by atoms with van der Waals surface area (Å²) in [6.07, 6.45) is 0. The van der Waals surface area contributed by atoms with Gasteiger partial charge in [-0.25, -0.2) is 9.97 Å². The van der Waals surface area contributed by atoms with Crippen molar-refractivity contribution in [3.63, 3.8) is 0 Å². The molecule has 10 rings (SSSR count). The lowest BCUT2D eigenvalue weighted by molar-refractivity contribution is 0.660. The summed E-state index contributed by atoms with van der Waals surface area (Å²) in [6, 6.07) is 69.6. The van der Waals surface area contributed by atoms with Gasteiger partial charge in [-0.15, -0.1) is 0 Å². The van der Waals surface area contributed by atoms with Crippen LogP contribution in [0.25, 0.3) is 89.2 Å². The van der Waals surface area contributed by atoms with Crippen molar-refractivity contribution in [2.75, 3.05) is 0 Å². The van der Waals surface area contributed by atoms with Gasteiger partial charge in [-0.3, -0.25) is 0 Å². The molecule has 2 nitrogen and oxygen atoms in total. The molecule has 8 aromatic carbocycles. The van der Waals surface area contributed by atoms with E-state index in [1.54, 1.807) is 0 Å². The second kappa shape index (κ2) is 13.2. The molecule has 0 fully saturated rings. The predicted molar refractivity (Wildman–Crippen MR) is 230 cm³/mol. The second-order valence-corrected chi connectivity index (χ2v) is 15.0. The topological polar surface area (TPSA) is 25.8 Å². The summed E-state index contributed by atoms with van der Waals surface area (Å²) in [6.45, 7) is 4.69. The maximum absolute atomic E-state index is 5.22. The lowest BCUT2D eigenvalue weighted by Crippen LogP contribution is -2.14. The van der Waals surface area contributed by atoms with Crippen molar-refractivity contribution >= 4 is 10.8 Å². The number of nitrogens with zero attached hydrogens (tertiary/aromatic N) is 2. The van der Waals surface area contributed by atoms with Crippen molar-refractivity contribution in [1.29, 1.82) is 0 Å². The Bertz CT molecular complexity index is 2870. The van der Waals surface area contributed by atoms with E-state index in [9.17, 15) is 0 Å². The summed E-state index contributed by atoms with van der Waals surface area (Å²) in [4.78, 5) is 10.3. The first-order chi connectivity index (χ1) is 27.0. The molecule has 0 saturated carbocycles. The van der Waals surface area contributed by atoms with Crippen LogP contribution in [-0.4, -0.2) is 9.97 Å². The molecular formula is C53H38N2. The quantitative estimate of drug-likeness (QED) is 0.172. The Morgan fingerprint density at radius 2 is 0.836 bits per heavy atom. The van der Waals surface area contributed by atoms with Gasteiger partial charge in [0.25, 0.3) is 0 Å². The molecule has 0 bridgehead atoms. The van der Waals surface area contributed by atoms with Gasteiger partial charge in [0, 0.05) is 22.1 Å². The molecule has 0 saturated heterocycles. The number of aromatic nitrogens is 2. The zero-order valence-electron chi connectivity index (χ0n) is 30.9. The average molecular weight is 703 g/mol. The van der Waals surface area contributed by atoms with Crippen molar-refractivity contribution in [2.24, 2.45) is 0 Å². The highest BCUT2D eigenvalue weighted by Gasteiger charge is 2.36. The van der Waals surface area contributed by atoms with E-state index in [1.165, 1.54) is 61.0 Å². The fourth-order valence-corrected chi connectivity index (χ4v) is 8.54. The smallest absolute Gasteiger partial charge is 0.160 e. The molecule has 0 unspecified atom stereocenters. The van der Waals surface area contributed by atoms with Crippen LogP contribution in [0.15, 0.2) is 194 Å². The molecular weight excluding hydrogens is 665 g/mol. The summed E-state index contributed by atoms with van der Waals surface area (Å²) >= 11 is 0. The van der Waals surface area contributed by atoms with Crippen LogP contribution in [0.3, 0.4) is 0 Å². The standard InChI is InChI=1S/C53H38N2/c1-53(2)47-25-12-11-23-46(47)51-42(24-14-26-48(51)53)40-20-13-19-39(33-40)41-31-32-45(44-22-10-9-21-43(41)44)50-34-49(54-52(55-50)38-17-7-4-8-18-38)37-29-27-36(28-30-37)35-15-5-3-6-16-35/h3-34H,1-2H3. The number of fused-ring (bicyclic) bond motifs is 4. The van der Waals surface area contributed by atoms with E-state index >= 15 is 0 Å². The Hall–Kier alpha value is -6.90. The minimum atomic E-state index is -0.0432. The number of hydrogen-bond donors (Lipinski definition) is 0. The van der Waals surface area contributed by atoms with E-state index in [0.717, 1.165) is 33.5 Å². The van der Waals surface area contributed by atoms with Gasteiger partial charge in [-0.2, -0.15) is 0 Å². The van der Waals surface area contributed by atoms with Gasteiger partial charge in [0.2, 0.25) is 0 Å². The largest absolute Gasteiger partial charge is 0.228 e. The summed E-state index contributed by atoms with van der Waals surface area (Å²) in [5.41, 5.74) is 17.6. The van der Waals surface area contributed by atoms with E-state index in [4.69, 9.17) is 9.97 Å². The molecule has 0 radical (unpaired) electrons. The molecule has 1 aromatic heterocycles. The van der Waals surface area contributed by atoms with Crippen LogP contribution in [-0.2, 0) is 5.41 Å². The monoisotopic (exact) mass is 702 g/mol. The third kappa shape index (κ3) is 5.66. The highest BCUT2D eigenvalue weighted by atomic mass is 14.9. The van der Waals surface area contributed by atoms with Crippen LogP contribution in [0.4, 0.5) is 0 Å². The van der Waals surface area contributed by atoms with Gasteiger partial charge in [0.05, 0.1) is 11.4 Å². The highest BCUT2D eigenvalue weighted by Crippen LogP contribution is 2.52. The third-order valence-electron chi connectivity index (χ3n) is 11.3. The number of hydrogen-bond acceptors (Lipinski definition) is 2. The van der Waals surface area contributed by atoms with Gasteiger partial charge in [0.1, 0.15) is 0 Å². The molecule has 0 amide bonds. The Morgan fingerprint density at radius 3 is 1.60 bits per heavy atom. The van der Waals surface area contributed by atoms with E-state index in [0.29, 0.717) is 5.82 Å². The first-order valence-electron chi connectivity index (χ1n) is 19.0. The lowest BCUT2D eigenvalue weighted by atomic mass is 9.82. The van der Waals surface area contributed by atoms with Gasteiger partial charge in [-0.1, -0.05) is 196 Å². The second-order valence-electron chi connectivity index (χ2n) is 15.0. The van der Waals surface area contributed by atoms with Crippen molar-refractivity contribution in [3.8, 4) is 78.4 Å². The van der Waals surface area contributed by atoms with E-state index in [2.05, 4.69) is 184 Å².